The monoisotopic (exact) mass is 297 g/mol. The maximum Gasteiger partial charge on any atom is 0.138 e. The molecule has 0 saturated heterocycles. The fourth-order valence-corrected chi connectivity index (χ4v) is 2.91. The van der Waals surface area contributed by atoms with Crippen molar-refractivity contribution in [3.05, 3.63) is 29.3 Å². The van der Waals surface area contributed by atoms with Crippen LogP contribution in [-0.2, 0) is 0 Å². The number of hydrogen-bond acceptors (Lipinski definition) is 3. The number of halogens is 1. The fourth-order valence-electron chi connectivity index (χ4n) is 2.72. The van der Waals surface area contributed by atoms with E-state index in [1.807, 2.05) is 18.2 Å². The van der Waals surface area contributed by atoms with Crippen LogP contribution >= 0.6 is 11.6 Å². The zero-order valence-corrected chi connectivity index (χ0v) is 13.0. The van der Waals surface area contributed by atoms with Crippen molar-refractivity contribution in [2.24, 2.45) is 5.41 Å². The maximum absolute atomic E-state index is 9.96. The molecule has 2 unspecified atom stereocenters. The predicted molar refractivity (Wildman–Crippen MR) is 82.4 cm³/mol. The van der Waals surface area contributed by atoms with Crippen LogP contribution in [0.15, 0.2) is 24.3 Å². The van der Waals surface area contributed by atoms with Gasteiger partial charge in [-0.2, -0.15) is 0 Å². The van der Waals surface area contributed by atoms with Gasteiger partial charge in [0, 0.05) is 12.6 Å². The van der Waals surface area contributed by atoms with Crippen LogP contribution in [0.3, 0.4) is 0 Å². The third-order valence-corrected chi connectivity index (χ3v) is 4.19. The molecule has 4 heteroatoms. The number of ether oxygens (including phenoxy) is 1. The molecule has 1 aromatic rings. The Kier molecular flexibility index (Phi) is 5.30. The molecule has 1 aliphatic carbocycles. The van der Waals surface area contributed by atoms with Crippen molar-refractivity contribution in [2.45, 2.75) is 45.3 Å². The van der Waals surface area contributed by atoms with Crippen molar-refractivity contribution in [3.8, 4) is 5.75 Å². The molecule has 1 aromatic carbocycles. The Morgan fingerprint density at radius 3 is 2.85 bits per heavy atom. The van der Waals surface area contributed by atoms with Crippen LogP contribution in [0.2, 0.25) is 5.02 Å². The quantitative estimate of drug-likeness (QED) is 0.847. The molecule has 0 aromatic heterocycles. The highest BCUT2D eigenvalue weighted by Gasteiger charge is 2.30. The van der Waals surface area contributed by atoms with Gasteiger partial charge in [-0.3, -0.25) is 0 Å². The molecular weight excluding hydrogens is 274 g/mol. The van der Waals surface area contributed by atoms with Crippen LogP contribution in [-0.4, -0.2) is 30.4 Å². The van der Waals surface area contributed by atoms with Crippen LogP contribution in [0.5, 0.6) is 5.75 Å². The summed E-state index contributed by atoms with van der Waals surface area (Å²) < 4.78 is 5.53. The molecule has 2 rings (SSSR count). The summed E-state index contributed by atoms with van der Waals surface area (Å²) in [5.74, 6) is 0.621. The number of aliphatic hydroxyl groups is 1. The summed E-state index contributed by atoms with van der Waals surface area (Å²) in [5.41, 5.74) is 0.427. The molecule has 0 heterocycles. The first-order valence-corrected chi connectivity index (χ1v) is 7.63. The Hall–Kier alpha value is -0.770. The van der Waals surface area contributed by atoms with Gasteiger partial charge in [-0.25, -0.2) is 0 Å². The van der Waals surface area contributed by atoms with Gasteiger partial charge in [-0.15, -0.1) is 0 Å². The number of hydrogen-bond donors (Lipinski definition) is 2. The van der Waals surface area contributed by atoms with Gasteiger partial charge in [0.15, 0.2) is 0 Å². The van der Waals surface area contributed by atoms with E-state index in [-0.39, 0.29) is 6.61 Å². The zero-order valence-electron chi connectivity index (χ0n) is 12.2. The fraction of sp³-hybridized carbons (Fsp3) is 0.625. The van der Waals surface area contributed by atoms with Gasteiger partial charge in [0.2, 0.25) is 0 Å². The van der Waals surface area contributed by atoms with Crippen LogP contribution in [0.1, 0.15) is 33.1 Å². The van der Waals surface area contributed by atoms with Crippen molar-refractivity contribution < 1.29 is 9.84 Å². The number of rotatable bonds is 6. The van der Waals surface area contributed by atoms with Crippen molar-refractivity contribution >= 4 is 11.6 Å². The normalized spacial score (nSPS) is 22.7. The van der Waals surface area contributed by atoms with E-state index in [0.29, 0.717) is 28.8 Å². The molecule has 0 aliphatic heterocycles. The van der Waals surface area contributed by atoms with Crippen molar-refractivity contribution in [2.75, 3.05) is 13.2 Å². The number of para-hydroxylation sites is 1. The topological polar surface area (TPSA) is 41.5 Å². The van der Waals surface area contributed by atoms with Gasteiger partial charge in [-0.1, -0.05) is 37.6 Å². The first kappa shape index (κ1) is 15.6. The molecule has 20 heavy (non-hydrogen) atoms. The average molecular weight is 298 g/mol. The van der Waals surface area contributed by atoms with Gasteiger partial charge in [0.25, 0.3) is 0 Å². The van der Waals surface area contributed by atoms with Crippen molar-refractivity contribution in [1.82, 2.24) is 5.32 Å². The summed E-state index contributed by atoms with van der Waals surface area (Å²) in [4.78, 5) is 0. The van der Waals surface area contributed by atoms with E-state index < -0.39 is 6.10 Å². The number of aliphatic hydroxyl groups excluding tert-OH is 1. The highest BCUT2D eigenvalue weighted by atomic mass is 35.5. The van der Waals surface area contributed by atoms with Gasteiger partial charge in [0.05, 0.1) is 5.02 Å². The van der Waals surface area contributed by atoms with Crippen LogP contribution in [0.4, 0.5) is 0 Å². The molecule has 0 radical (unpaired) electrons. The molecule has 3 nitrogen and oxygen atoms in total. The number of nitrogens with one attached hydrogen (secondary N) is 1. The lowest BCUT2D eigenvalue weighted by molar-refractivity contribution is 0.103. The molecule has 0 spiro atoms. The zero-order chi connectivity index (χ0) is 14.6. The molecule has 0 amide bonds. The molecular formula is C16H24ClNO2. The molecule has 1 fully saturated rings. The van der Waals surface area contributed by atoms with Crippen molar-refractivity contribution in [1.29, 1.82) is 0 Å². The third kappa shape index (κ3) is 4.65. The first-order valence-electron chi connectivity index (χ1n) is 7.25. The van der Waals surface area contributed by atoms with E-state index in [2.05, 4.69) is 19.2 Å². The van der Waals surface area contributed by atoms with Crippen LogP contribution in [0.25, 0.3) is 0 Å². The second-order valence-electron chi connectivity index (χ2n) is 6.41. The van der Waals surface area contributed by atoms with E-state index in [0.717, 1.165) is 0 Å². The minimum Gasteiger partial charge on any atom is -0.489 e. The molecule has 2 N–H and O–H groups in total. The summed E-state index contributed by atoms with van der Waals surface area (Å²) in [6.45, 7) is 5.41. The first-order chi connectivity index (χ1) is 9.46. The summed E-state index contributed by atoms with van der Waals surface area (Å²) in [6, 6.07) is 7.82. The second kappa shape index (κ2) is 6.79. The smallest absolute Gasteiger partial charge is 0.138 e. The highest BCUT2D eigenvalue weighted by Crippen LogP contribution is 2.36. The summed E-state index contributed by atoms with van der Waals surface area (Å²) in [7, 11) is 0. The summed E-state index contributed by atoms with van der Waals surface area (Å²) in [6.07, 6.45) is 3.09. The summed E-state index contributed by atoms with van der Waals surface area (Å²) >= 11 is 6.00. The van der Waals surface area contributed by atoms with Crippen LogP contribution in [0, 0.1) is 5.41 Å². The minimum atomic E-state index is -0.519. The highest BCUT2D eigenvalue weighted by molar-refractivity contribution is 6.32. The average Bonchev–Trinajstić information content (AvgIpc) is 2.75. The van der Waals surface area contributed by atoms with E-state index in [1.165, 1.54) is 19.3 Å². The van der Waals surface area contributed by atoms with E-state index >= 15 is 0 Å². The summed E-state index contributed by atoms with van der Waals surface area (Å²) in [5, 5.41) is 14.0. The van der Waals surface area contributed by atoms with Crippen molar-refractivity contribution in [3.63, 3.8) is 0 Å². The molecule has 1 saturated carbocycles. The van der Waals surface area contributed by atoms with Gasteiger partial charge >= 0.3 is 0 Å². The Balaban J connectivity index is 1.69. The van der Waals surface area contributed by atoms with Gasteiger partial charge in [-0.05, 0) is 36.8 Å². The standard InChI is InChI=1S/C16H24ClNO2/c1-16(2)8-7-12(9-16)18-10-13(19)11-20-15-6-4-3-5-14(15)17/h3-6,12-13,18-19H,7-11H2,1-2H3. The Morgan fingerprint density at radius 2 is 2.20 bits per heavy atom. The molecule has 1 aliphatic rings. The lowest BCUT2D eigenvalue weighted by Gasteiger charge is -2.19. The molecule has 2 atom stereocenters. The molecule has 0 bridgehead atoms. The lowest BCUT2D eigenvalue weighted by Crippen LogP contribution is -2.37. The van der Waals surface area contributed by atoms with Crippen LogP contribution < -0.4 is 10.1 Å². The maximum atomic E-state index is 9.96. The van der Waals surface area contributed by atoms with E-state index in [1.54, 1.807) is 6.07 Å². The number of benzene rings is 1. The third-order valence-electron chi connectivity index (χ3n) is 3.88. The molecule has 112 valence electrons. The van der Waals surface area contributed by atoms with Gasteiger partial charge < -0.3 is 15.2 Å². The Bertz CT molecular complexity index is 436. The second-order valence-corrected chi connectivity index (χ2v) is 6.81. The SMILES string of the molecule is CC1(C)CCC(NCC(O)COc2ccccc2Cl)C1. The minimum absolute atomic E-state index is 0.257. The lowest BCUT2D eigenvalue weighted by atomic mass is 9.92. The Morgan fingerprint density at radius 1 is 1.45 bits per heavy atom. The van der Waals surface area contributed by atoms with E-state index in [4.69, 9.17) is 16.3 Å². The predicted octanol–water partition coefficient (Wildman–Crippen LogP) is 3.25. The van der Waals surface area contributed by atoms with E-state index in [9.17, 15) is 5.11 Å². The largest absolute Gasteiger partial charge is 0.489 e. The Labute approximate surface area is 126 Å². The van der Waals surface area contributed by atoms with Gasteiger partial charge in [0.1, 0.15) is 18.5 Å².